The topological polar surface area (TPSA) is 36.4 Å². The second-order valence-corrected chi connectivity index (χ2v) is 4.27. The summed E-state index contributed by atoms with van der Waals surface area (Å²) in [4.78, 5) is 4.49. The second-order valence-electron chi connectivity index (χ2n) is 3.36. The Morgan fingerprint density at radius 2 is 1.88 bits per heavy atom. The second kappa shape index (κ2) is 9.70. The van der Waals surface area contributed by atoms with Gasteiger partial charge in [-0.3, -0.25) is 0 Å². The van der Waals surface area contributed by atoms with Gasteiger partial charge >= 0.3 is 0 Å². The van der Waals surface area contributed by atoms with Crippen LogP contribution in [0, 0.1) is 0 Å². The van der Waals surface area contributed by atoms with Crippen molar-refractivity contribution in [2.24, 2.45) is 4.99 Å². The number of aliphatic imine (C=N–C) groups is 1. The van der Waals surface area contributed by atoms with Gasteiger partial charge < -0.3 is 10.6 Å². The van der Waals surface area contributed by atoms with Crippen molar-refractivity contribution in [3.05, 3.63) is 34.3 Å². The van der Waals surface area contributed by atoms with E-state index in [0.29, 0.717) is 6.54 Å². The van der Waals surface area contributed by atoms with Crippen molar-refractivity contribution in [3.8, 4) is 0 Å². The average Bonchev–Trinajstić information content (AvgIpc) is 2.27. The summed E-state index contributed by atoms with van der Waals surface area (Å²) in [5.74, 6) is 0.866. The number of guanidine groups is 1. The van der Waals surface area contributed by atoms with Crippen LogP contribution < -0.4 is 10.6 Å². The Morgan fingerprint density at radius 3 is 2.41 bits per heavy atom. The number of nitrogens with one attached hydrogen (secondary N) is 2. The Kier molecular flexibility index (Phi) is 9.53. The molecule has 0 spiro atoms. The van der Waals surface area contributed by atoms with Crippen molar-refractivity contribution in [2.45, 2.75) is 20.4 Å². The quantitative estimate of drug-likeness (QED) is 0.453. The van der Waals surface area contributed by atoms with Gasteiger partial charge in [0.05, 0.1) is 6.54 Å². The molecule has 0 atom stereocenters. The molecule has 0 unspecified atom stereocenters. The molecule has 0 aliphatic heterocycles. The van der Waals surface area contributed by atoms with Crippen molar-refractivity contribution < 1.29 is 0 Å². The van der Waals surface area contributed by atoms with E-state index in [2.05, 4.69) is 57.5 Å². The van der Waals surface area contributed by atoms with Crippen LogP contribution in [-0.4, -0.2) is 19.0 Å². The highest BCUT2D eigenvalue weighted by Crippen LogP contribution is 2.12. The minimum atomic E-state index is 0. The molecule has 5 heteroatoms. The highest BCUT2D eigenvalue weighted by molar-refractivity contribution is 14.0. The molecular weight excluding hydrogens is 393 g/mol. The van der Waals surface area contributed by atoms with Crippen LogP contribution in [0.25, 0.3) is 0 Å². The van der Waals surface area contributed by atoms with E-state index < -0.39 is 0 Å². The lowest BCUT2D eigenvalue weighted by Gasteiger charge is -2.09. The predicted octanol–water partition coefficient (Wildman–Crippen LogP) is 3.14. The molecule has 0 amide bonds. The van der Waals surface area contributed by atoms with E-state index in [9.17, 15) is 0 Å². The zero-order valence-corrected chi connectivity index (χ0v) is 14.1. The number of benzene rings is 1. The average molecular weight is 412 g/mol. The van der Waals surface area contributed by atoms with Crippen LogP contribution in [0.2, 0.25) is 0 Å². The van der Waals surface area contributed by atoms with Crippen LogP contribution in [0.4, 0.5) is 0 Å². The molecule has 2 N–H and O–H groups in total. The first-order chi connectivity index (χ1) is 7.76. The van der Waals surface area contributed by atoms with Gasteiger partial charge in [-0.25, -0.2) is 4.99 Å². The van der Waals surface area contributed by atoms with Crippen LogP contribution >= 0.6 is 39.9 Å². The van der Waals surface area contributed by atoms with Gasteiger partial charge in [0.1, 0.15) is 0 Å². The van der Waals surface area contributed by atoms with E-state index in [4.69, 9.17) is 0 Å². The lowest BCUT2D eigenvalue weighted by atomic mass is 10.2. The molecule has 17 heavy (non-hydrogen) atoms. The van der Waals surface area contributed by atoms with Crippen LogP contribution in [0.3, 0.4) is 0 Å². The van der Waals surface area contributed by atoms with Crippen molar-refractivity contribution in [1.82, 2.24) is 10.6 Å². The Morgan fingerprint density at radius 1 is 1.24 bits per heavy atom. The maximum absolute atomic E-state index is 4.49. The van der Waals surface area contributed by atoms with E-state index in [0.717, 1.165) is 23.5 Å². The highest BCUT2D eigenvalue weighted by Gasteiger charge is 1.96. The van der Waals surface area contributed by atoms with E-state index in [1.807, 2.05) is 12.1 Å². The normalized spacial score (nSPS) is 9.12. The summed E-state index contributed by atoms with van der Waals surface area (Å²) in [5.41, 5.74) is 1.20. The molecule has 0 saturated carbocycles. The smallest absolute Gasteiger partial charge is 0.191 e. The molecule has 0 saturated heterocycles. The molecule has 0 radical (unpaired) electrons. The van der Waals surface area contributed by atoms with Gasteiger partial charge in [-0.05, 0) is 31.5 Å². The summed E-state index contributed by atoms with van der Waals surface area (Å²) in [6.45, 7) is 6.57. The minimum Gasteiger partial charge on any atom is -0.357 e. The summed E-state index contributed by atoms with van der Waals surface area (Å²) in [5, 5.41) is 6.39. The van der Waals surface area contributed by atoms with Gasteiger partial charge in [0, 0.05) is 17.6 Å². The molecule has 0 aliphatic rings. The molecule has 1 rings (SSSR count). The molecule has 96 valence electrons. The molecule has 1 aromatic carbocycles. The third-order valence-corrected chi connectivity index (χ3v) is 2.49. The fraction of sp³-hybridized carbons (Fsp3) is 0.417. The third kappa shape index (κ3) is 6.88. The maximum Gasteiger partial charge on any atom is 0.191 e. The molecule has 0 heterocycles. The Bertz CT molecular complexity index is 347. The van der Waals surface area contributed by atoms with Crippen LogP contribution in [0.5, 0.6) is 0 Å². The highest BCUT2D eigenvalue weighted by atomic mass is 127. The SMILES string of the molecule is CCNC(=NCc1cccc(Br)c1)NCC.I. The lowest BCUT2D eigenvalue weighted by Crippen LogP contribution is -2.36. The summed E-state index contributed by atoms with van der Waals surface area (Å²) in [6.07, 6.45) is 0. The van der Waals surface area contributed by atoms with E-state index in [1.54, 1.807) is 0 Å². The summed E-state index contributed by atoms with van der Waals surface area (Å²) in [6, 6.07) is 8.20. The monoisotopic (exact) mass is 411 g/mol. The summed E-state index contributed by atoms with van der Waals surface area (Å²) < 4.78 is 1.09. The number of nitrogens with zero attached hydrogens (tertiary/aromatic N) is 1. The molecule has 0 aromatic heterocycles. The van der Waals surface area contributed by atoms with Gasteiger partial charge in [0.25, 0.3) is 0 Å². The lowest BCUT2D eigenvalue weighted by molar-refractivity contribution is 0.839. The molecule has 1 aromatic rings. The van der Waals surface area contributed by atoms with Gasteiger partial charge in [0.2, 0.25) is 0 Å². The molecule has 0 fully saturated rings. The van der Waals surface area contributed by atoms with E-state index in [1.165, 1.54) is 5.56 Å². The largest absolute Gasteiger partial charge is 0.357 e. The first kappa shape index (κ1) is 16.7. The Hall–Kier alpha value is -0.300. The minimum absolute atomic E-state index is 0. The van der Waals surface area contributed by atoms with Gasteiger partial charge in [-0.2, -0.15) is 0 Å². The predicted molar refractivity (Wildman–Crippen MR) is 88.0 cm³/mol. The third-order valence-electron chi connectivity index (χ3n) is 2.00. The van der Waals surface area contributed by atoms with Crippen molar-refractivity contribution in [1.29, 1.82) is 0 Å². The number of rotatable bonds is 4. The van der Waals surface area contributed by atoms with Crippen LogP contribution in [0.15, 0.2) is 33.7 Å². The standard InChI is InChI=1S/C12H18BrN3.HI/c1-3-14-12(15-4-2)16-9-10-6-5-7-11(13)8-10;/h5-8H,3-4,9H2,1-2H3,(H2,14,15,16);1H. The first-order valence-corrected chi connectivity index (χ1v) is 6.32. The zero-order chi connectivity index (χ0) is 11.8. The summed E-state index contributed by atoms with van der Waals surface area (Å²) >= 11 is 3.45. The van der Waals surface area contributed by atoms with Crippen molar-refractivity contribution in [3.63, 3.8) is 0 Å². The first-order valence-electron chi connectivity index (χ1n) is 5.53. The van der Waals surface area contributed by atoms with Gasteiger partial charge in [-0.15, -0.1) is 24.0 Å². The maximum atomic E-state index is 4.49. The molecule has 0 bridgehead atoms. The number of hydrogen-bond donors (Lipinski definition) is 2. The molecule has 0 aliphatic carbocycles. The zero-order valence-electron chi connectivity index (χ0n) is 10.2. The molecule has 3 nitrogen and oxygen atoms in total. The number of halogens is 2. The van der Waals surface area contributed by atoms with E-state index in [-0.39, 0.29) is 24.0 Å². The van der Waals surface area contributed by atoms with Crippen LogP contribution in [0.1, 0.15) is 19.4 Å². The van der Waals surface area contributed by atoms with E-state index >= 15 is 0 Å². The number of hydrogen-bond acceptors (Lipinski definition) is 1. The Labute approximate surface area is 129 Å². The Balaban J connectivity index is 0.00000256. The fourth-order valence-corrected chi connectivity index (χ4v) is 1.76. The van der Waals surface area contributed by atoms with Crippen LogP contribution in [-0.2, 0) is 6.54 Å². The fourth-order valence-electron chi connectivity index (χ4n) is 1.31. The van der Waals surface area contributed by atoms with Gasteiger partial charge in [-0.1, -0.05) is 28.1 Å². The van der Waals surface area contributed by atoms with Crippen molar-refractivity contribution >= 4 is 45.9 Å². The molecular formula is C12H19BrIN3. The van der Waals surface area contributed by atoms with Gasteiger partial charge in [0.15, 0.2) is 5.96 Å². The van der Waals surface area contributed by atoms with Crippen molar-refractivity contribution in [2.75, 3.05) is 13.1 Å². The summed E-state index contributed by atoms with van der Waals surface area (Å²) in [7, 11) is 0.